The molecule has 3 aromatic rings. The van der Waals surface area contributed by atoms with Crippen LogP contribution in [0, 0.1) is 5.82 Å². The zero-order valence-corrected chi connectivity index (χ0v) is 25.9. The van der Waals surface area contributed by atoms with E-state index < -0.39 is 5.92 Å². The third-order valence-electron chi connectivity index (χ3n) is 8.49. The van der Waals surface area contributed by atoms with Gasteiger partial charge in [-0.3, -0.25) is 9.59 Å². The zero-order valence-electron chi connectivity index (χ0n) is 24.3. The van der Waals surface area contributed by atoms with Crippen LogP contribution in [0.2, 0.25) is 0 Å². The molecule has 0 spiro atoms. The van der Waals surface area contributed by atoms with Crippen molar-refractivity contribution in [1.29, 1.82) is 0 Å². The molecular formula is C36H35BrFNO4. The van der Waals surface area contributed by atoms with Gasteiger partial charge in [-0.1, -0.05) is 42.5 Å². The summed E-state index contributed by atoms with van der Waals surface area (Å²) in [5, 5.41) is 0. The molecule has 0 aromatic heterocycles. The first-order valence-corrected chi connectivity index (χ1v) is 15.9. The number of carbonyl (C=O) groups is 2. The Balaban J connectivity index is 1.42. The summed E-state index contributed by atoms with van der Waals surface area (Å²) in [5.41, 5.74) is 6.38. The van der Waals surface area contributed by atoms with Crippen LogP contribution in [0.1, 0.15) is 68.1 Å². The molecule has 1 heterocycles. The van der Waals surface area contributed by atoms with Gasteiger partial charge >= 0.3 is 0 Å². The minimum atomic E-state index is -0.452. The second-order valence-electron chi connectivity index (χ2n) is 11.3. The number of Topliss-reactive ketones (excluding diaryl/α,β-unsaturated/α-hetero) is 2. The molecule has 0 unspecified atom stereocenters. The van der Waals surface area contributed by atoms with Gasteiger partial charge in [0.2, 0.25) is 0 Å². The number of ether oxygens (including phenoxy) is 2. The lowest BCUT2D eigenvalue weighted by molar-refractivity contribution is -0.117. The monoisotopic (exact) mass is 643 g/mol. The number of rotatable bonds is 9. The molecular weight excluding hydrogens is 609 g/mol. The van der Waals surface area contributed by atoms with Crippen molar-refractivity contribution in [3.8, 4) is 11.5 Å². The van der Waals surface area contributed by atoms with Crippen molar-refractivity contribution >= 4 is 27.5 Å². The van der Waals surface area contributed by atoms with Gasteiger partial charge in [0.1, 0.15) is 12.4 Å². The fourth-order valence-corrected chi connectivity index (χ4v) is 7.22. The summed E-state index contributed by atoms with van der Waals surface area (Å²) in [4.78, 5) is 29.8. The van der Waals surface area contributed by atoms with Gasteiger partial charge in [-0.05, 0) is 95.9 Å². The normalized spacial score (nSPS) is 17.2. The first-order valence-electron chi connectivity index (χ1n) is 15.1. The topological polar surface area (TPSA) is 55.8 Å². The summed E-state index contributed by atoms with van der Waals surface area (Å²) >= 11 is 3.70. The number of ketones is 2. The molecule has 0 bridgehead atoms. The molecule has 6 rings (SSSR count). The second-order valence-corrected chi connectivity index (χ2v) is 12.1. The Morgan fingerprint density at radius 1 is 0.837 bits per heavy atom. The fraction of sp³-hybridized carbons (Fsp3) is 0.333. The summed E-state index contributed by atoms with van der Waals surface area (Å²) in [5.74, 6) is 0.473. The maximum Gasteiger partial charge on any atom is 0.175 e. The number of allylic oxidation sites excluding steroid dienone is 4. The van der Waals surface area contributed by atoms with Crippen molar-refractivity contribution in [2.75, 3.05) is 13.2 Å². The molecule has 0 fully saturated rings. The van der Waals surface area contributed by atoms with Crippen LogP contribution < -0.4 is 9.47 Å². The highest BCUT2D eigenvalue weighted by Crippen LogP contribution is 2.51. The number of hydrogen-bond acceptors (Lipinski definition) is 5. The van der Waals surface area contributed by atoms with Gasteiger partial charge in [-0.25, -0.2) is 4.39 Å². The van der Waals surface area contributed by atoms with Gasteiger partial charge in [0.05, 0.1) is 11.1 Å². The number of hydrogen-bond donors (Lipinski definition) is 0. The largest absolute Gasteiger partial charge is 0.490 e. The molecule has 0 amide bonds. The third-order valence-corrected chi connectivity index (χ3v) is 9.08. The smallest absolute Gasteiger partial charge is 0.175 e. The van der Waals surface area contributed by atoms with Crippen LogP contribution in [0.5, 0.6) is 11.5 Å². The summed E-state index contributed by atoms with van der Waals surface area (Å²) in [6, 6.07) is 20.5. The molecule has 2 aliphatic carbocycles. The molecule has 43 heavy (non-hydrogen) atoms. The van der Waals surface area contributed by atoms with Gasteiger partial charge in [0.15, 0.2) is 23.1 Å². The Hall–Kier alpha value is -3.71. The lowest BCUT2D eigenvalue weighted by Crippen LogP contribution is -2.40. The highest BCUT2D eigenvalue weighted by Gasteiger charge is 2.43. The third kappa shape index (κ3) is 6.05. The molecule has 0 saturated carbocycles. The van der Waals surface area contributed by atoms with E-state index in [2.05, 4.69) is 33.0 Å². The summed E-state index contributed by atoms with van der Waals surface area (Å²) < 4.78 is 26.6. The molecule has 7 heteroatoms. The van der Waals surface area contributed by atoms with Crippen molar-refractivity contribution in [1.82, 2.24) is 4.90 Å². The van der Waals surface area contributed by atoms with E-state index in [4.69, 9.17) is 9.47 Å². The molecule has 0 saturated heterocycles. The van der Waals surface area contributed by atoms with Crippen molar-refractivity contribution < 1.29 is 23.5 Å². The Morgan fingerprint density at radius 2 is 1.51 bits per heavy atom. The maximum absolute atomic E-state index is 13.8. The van der Waals surface area contributed by atoms with Crippen LogP contribution in [-0.4, -0.2) is 29.6 Å². The quantitative estimate of drug-likeness (QED) is 0.235. The first kappa shape index (κ1) is 29.4. The van der Waals surface area contributed by atoms with E-state index >= 15 is 0 Å². The molecule has 222 valence electrons. The summed E-state index contributed by atoms with van der Waals surface area (Å²) in [6.45, 7) is 3.20. The SMILES string of the molecule is CCOc1cc(C2C3=C(CCCC3=O)N(CCc3ccccc3)C3=C2C(=O)CCC3)cc(Br)c1OCc1cccc(F)c1. The summed E-state index contributed by atoms with van der Waals surface area (Å²) in [7, 11) is 0. The molecule has 0 atom stereocenters. The second kappa shape index (κ2) is 12.9. The van der Waals surface area contributed by atoms with Crippen molar-refractivity contribution in [3.05, 3.63) is 116 Å². The molecule has 5 nitrogen and oxygen atoms in total. The predicted octanol–water partition coefficient (Wildman–Crippen LogP) is 8.22. The van der Waals surface area contributed by atoms with Crippen LogP contribution >= 0.6 is 15.9 Å². The van der Waals surface area contributed by atoms with Gasteiger partial charge in [0, 0.05) is 47.8 Å². The van der Waals surface area contributed by atoms with E-state index in [0.717, 1.165) is 66.8 Å². The van der Waals surface area contributed by atoms with Gasteiger partial charge < -0.3 is 14.4 Å². The average molecular weight is 645 g/mol. The number of carbonyl (C=O) groups excluding carboxylic acids is 2. The van der Waals surface area contributed by atoms with Gasteiger partial charge in [0.25, 0.3) is 0 Å². The highest BCUT2D eigenvalue weighted by molar-refractivity contribution is 9.10. The van der Waals surface area contributed by atoms with E-state index in [1.165, 1.54) is 17.7 Å². The first-order chi connectivity index (χ1) is 20.9. The molecule has 0 radical (unpaired) electrons. The van der Waals surface area contributed by atoms with Crippen LogP contribution in [0.25, 0.3) is 0 Å². The van der Waals surface area contributed by atoms with E-state index in [1.807, 2.05) is 43.3 Å². The Kier molecular flexibility index (Phi) is 8.80. The molecule has 3 aromatic carbocycles. The van der Waals surface area contributed by atoms with E-state index in [0.29, 0.717) is 41.0 Å². The van der Waals surface area contributed by atoms with Crippen molar-refractivity contribution in [2.24, 2.45) is 0 Å². The lowest BCUT2D eigenvalue weighted by Gasteiger charge is -2.44. The van der Waals surface area contributed by atoms with Crippen LogP contribution in [0.3, 0.4) is 0 Å². The minimum absolute atomic E-state index is 0.112. The minimum Gasteiger partial charge on any atom is -0.490 e. The predicted molar refractivity (Wildman–Crippen MR) is 167 cm³/mol. The Morgan fingerprint density at radius 3 is 2.16 bits per heavy atom. The highest BCUT2D eigenvalue weighted by atomic mass is 79.9. The Bertz CT molecular complexity index is 1570. The molecule has 3 aliphatic rings. The molecule has 0 N–H and O–H groups in total. The van der Waals surface area contributed by atoms with Gasteiger partial charge in [-0.2, -0.15) is 0 Å². The fourth-order valence-electron chi connectivity index (χ4n) is 6.65. The van der Waals surface area contributed by atoms with Crippen molar-refractivity contribution in [3.63, 3.8) is 0 Å². The van der Waals surface area contributed by atoms with Crippen LogP contribution in [0.4, 0.5) is 4.39 Å². The van der Waals surface area contributed by atoms with Crippen LogP contribution in [0.15, 0.2) is 93.7 Å². The summed E-state index contributed by atoms with van der Waals surface area (Å²) in [6.07, 6.45) is 5.03. The van der Waals surface area contributed by atoms with Gasteiger partial charge in [-0.15, -0.1) is 0 Å². The number of nitrogens with zero attached hydrogens (tertiary/aromatic N) is 1. The van der Waals surface area contributed by atoms with Crippen LogP contribution in [-0.2, 0) is 22.6 Å². The van der Waals surface area contributed by atoms with Crippen molar-refractivity contribution in [2.45, 2.75) is 64.4 Å². The lowest BCUT2D eigenvalue weighted by atomic mass is 9.71. The van der Waals surface area contributed by atoms with E-state index in [1.54, 1.807) is 6.07 Å². The molecule has 1 aliphatic heterocycles. The number of halogens is 2. The Labute approximate surface area is 260 Å². The standard InChI is InChI=1S/C36H35BrFNO4/c1-2-42-32-21-25(20-27(37)36(32)43-22-24-11-6-12-26(38)19-24)33-34-28(13-7-15-30(34)40)39(18-17-23-9-4-3-5-10-23)29-14-8-16-31(41)35(29)33/h3-6,9-12,19-21,33H,2,7-8,13-18,22H2,1H3. The maximum atomic E-state index is 13.8. The number of benzene rings is 3. The zero-order chi connectivity index (χ0) is 29.9. The van der Waals surface area contributed by atoms with E-state index in [-0.39, 0.29) is 24.0 Å². The average Bonchev–Trinajstić information content (AvgIpc) is 3.00. The van der Waals surface area contributed by atoms with E-state index in [9.17, 15) is 14.0 Å².